The van der Waals surface area contributed by atoms with Crippen LogP contribution < -0.4 is 54.0 Å². The fourth-order valence-corrected chi connectivity index (χ4v) is 8.90. The minimum atomic E-state index is -1.91. The van der Waals surface area contributed by atoms with Crippen LogP contribution in [0, 0.1) is 17.8 Å². The summed E-state index contributed by atoms with van der Waals surface area (Å²) in [6, 6.07) is -0.163. The Kier molecular flexibility index (Phi) is 25.6. The number of rotatable bonds is 33. The zero-order valence-corrected chi connectivity index (χ0v) is 47.9. The summed E-state index contributed by atoms with van der Waals surface area (Å²) in [6.07, 6.45) is -0.0237. The number of carbonyl (C=O) groups is 10. The molecule has 83 heavy (non-hydrogen) atoms. The number of aromatic hydroxyl groups is 1. The highest BCUT2D eigenvalue weighted by atomic mass is 16.4. The van der Waals surface area contributed by atoms with Gasteiger partial charge in [0.05, 0.1) is 24.6 Å². The van der Waals surface area contributed by atoms with Crippen molar-refractivity contribution >= 4 is 70.0 Å². The van der Waals surface area contributed by atoms with Gasteiger partial charge in [0.25, 0.3) is 0 Å². The molecule has 0 aliphatic heterocycles. The zero-order valence-electron chi connectivity index (χ0n) is 47.9. The number of carboxylic acids is 1. The maximum Gasteiger partial charge on any atom is 0.326 e. The number of benzene rings is 2. The third-order valence-electron chi connectivity index (χ3n) is 13.9. The summed E-state index contributed by atoms with van der Waals surface area (Å²) < 4.78 is 0. The molecule has 27 heteroatoms. The first kappa shape index (κ1) is 67.1. The van der Waals surface area contributed by atoms with Gasteiger partial charge < -0.3 is 84.4 Å². The number of hydrogen-bond donors (Lipinski definition) is 16. The Labute approximate surface area is 480 Å². The average Bonchev–Trinajstić information content (AvgIpc) is 4.21. The maximum atomic E-state index is 14.5. The van der Waals surface area contributed by atoms with Crippen molar-refractivity contribution < 1.29 is 68.4 Å². The van der Waals surface area contributed by atoms with Crippen molar-refractivity contribution in [3.8, 4) is 5.75 Å². The Morgan fingerprint density at radius 1 is 0.590 bits per heavy atom. The lowest BCUT2D eigenvalue weighted by Gasteiger charge is -2.31. The number of H-pyrrole nitrogens is 2. The van der Waals surface area contributed by atoms with Crippen molar-refractivity contribution in [1.82, 2.24) is 57.5 Å². The number of aromatic nitrogens is 3. The van der Waals surface area contributed by atoms with Gasteiger partial charge in [0.1, 0.15) is 54.1 Å². The van der Waals surface area contributed by atoms with Crippen LogP contribution in [-0.2, 0) is 67.2 Å². The van der Waals surface area contributed by atoms with E-state index < -0.39 is 150 Å². The second-order valence-electron chi connectivity index (χ2n) is 21.6. The number of aliphatic hydroxyl groups excluding tert-OH is 2. The summed E-state index contributed by atoms with van der Waals surface area (Å²) in [5.74, 6) is -11.1. The van der Waals surface area contributed by atoms with Gasteiger partial charge in [-0.2, -0.15) is 0 Å². The molecule has 0 fully saturated rings. The number of nitrogens with zero attached hydrogens (tertiary/aromatic N) is 1. The molecule has 454 valence electrons. The number of phenolic OH excluding ortho intramolecular Hbond substituents is 1. The number of carbonyl (C=O) groups excluding carboxylic acids is 9. The van der Waals surface area contributed by atoms with Crippen LogP contribution in [-0.4, -0.2) is 161 Å². The molecule has 0 saturated heterocycles. The molecule has 2 heterocycles. The van der Waals surface area contributed by atoms with E-state index in [1.807, 2.05) is 0 Å². The highest BCUT2D eigenvalue weighted by Gasteiger charge is 2.39. The van der Waals surface area contributed by atoms with Crippen molar-refractivity contribution in [1.29, 1.82) is 0 Å². The molecule has 0 aliphatic rings. The van der Waals surface area contributed by atoms with E-state index in [9.17, 15) is 68.4 Å². The van der Waals surface area contributed by atoms with Gasteiger partial charge in [-0.25, -0.2) is 9.78 Å². The first-order valence-corrected chi connectivity index (χ1v) is 27.5. The van der Waals surface area contributed by atoms with Gasteiger partial charge in [-0.15, -0.1) is 0 Å². The highest BCUT2D eigenvalue weighted by molar-refractivity contribution is 5.99. The van der Waals surface area contributed by atoms with Crippen molar-refractivity contribution in [2.75, 3.05) is 0 Å². The molecule has 4 aromatic rings. The van der Waals surface area contributed by atoms with Crippen LogP contribution in [0.25, 0.3) is 10.9 Å². The predicted octanol–water partition coefficient (Wildman–Crippen LogP) is -1.31. The molecule has 0 aliphatic carbocycles. The largest absolute Gasteiger partial charge is 0.508 e. The second-order valence-corrected chi connectivity index (χ2v) is 21.6. The molecule has 9 amide bonds. The van der Waals surface area contributed by atoms with E-state index in [0.29, 0.717) is 28.6 Å². The van der Waals surface area contributed by atoms with E-state index in [2.05, 4.69) is 57.5 Å². The standard InChI is InChI=1S/C56H81N13O14/c1-9-29(6)45(67-52(78)44(28(4)5)66-48(74)37(57)21-32-14-16-35(72)17-15-32)53(79)68-47(31(8)71)55(81)69-46(30(7)70)54(80)62-39(18-19-43(58)73)49(75)64-41(23-34-25-59-26-61-34)51(77)63-40(50(76)65-42(56(82)83)20-27(2)3)22-33-24-60-38-13-11-10-12-36(33)38/h10-17,24-31,37,39-42,44-47,60,70-72H,9,18-23,57H2,1-8H3,(H2,58,73)(H,59,61)(H,62,80)(H,63,77)(H,64,75)(H,65,76)(H,66,74)(H,67,78)(H,68,79)(H,69,81)(H,82,83)/t29-,30+,31+,37-,39-,40-,41-,42-,44-,45-,46-,47-/m0/s1. The average molecular weight is 1160 g/mol. The lowest BCUT2D eigenvalue weighted by molar-refractivity contribution is -0.142. The molecule has 0 bridgehead atoms. The molecule has 0 unspecified atom stereocenters. The van der Waals surface area contributed by atoms with Crippen LogP contribution >= 0.6 is 0 Å². The molecular weight excluding hydrogens is 1080 g/mol. The lowest BCUT2D eigenvalue weighted by atomic mass is 9.95. The predicted molar refractivity (Wildman–Crippen MR) is 303 cm³/mol. The number of amides is 9. The number of nitrogens with one attached hydrogen (secondary N) is 10. The topological polar surface area (TPSA) is 444 Å². The first-order valence-electron chi connectivity index (χ1n) is 27.5. The Morgan fingerprint density at radius 3 is 1.63 bits per heavy atom. The van der Waals surface area contributed by atoms with Crippen LogP contribution in [0.1, 0.15) is 97.9 Å². The van der Waals surface area contributed by atoms with E-state index in [1.54, 1.807) is 84.1 Å². The molecule has 0 saturated carbocycles. The number of nitrogens with two attached hydrogens (primary N) is 2. The van der Waals surface area contributed by atoms with Crippen LogP contribution in [0.4, 0.5) is 0 Å². The Morgan fingerprint density at radius 2 is 1.10 bits per heavy atom. The van der Waals surface area contributed by atoms with Crippen molar-refractivity contribution in [3.05, 3.63) is 84.1 Å². The molecule has 27 nitrogen and oxygen atoms in total. The zero-order chi connectivity index (χ0) is 61.8. The van der Waals surface area contributed by atoms with Crippen LogP contribution in [0.2, 0.25) is 0 Å². The lowest BCUT2D eigenvalue weighted by Crippen LogP contribution is -2.64. The molecule has 4 rings (SSSR count). The molecule has 0 spiro atoms. The van der Waals surface area contributed by atoms with Crippen LogP contribution in [0.15, 0.2) is 67.3 Å². The molecule has 12 atom stereocenters. The van der Waals surface area contributed by atoms with Crippen LogP contribution in [0.3, 0.4) is 0 Å². The second kappa shape index (κ2) is 31.7. The minimum absolute atomic E-state index is 0.0233. The fraction of sp³-hybridized carbons (Fsp3) is 0.518. The molecule has 2 aromatic heterocycles. The monoisotopic (exact) mass is 1160 g/mol. The van der Waals surface area contributed by atoms with Gasteiger partial charge in [0.2, 0.25) is 53.2 Å². The molecule has 2 aromatic carbocycles. The Hall–Kier alpha value is -8.43. The third-order valence-corrected chi connectivity index (χ3v) is 13.9. The number of carboxylic acid groups (broad SMARTS) is 1. The number of fused-ring (bicyclic) bond motifs is 1. The summed E-state index contributed by atoms with van der Waals surface area (Å²) in [7, 11) is 0. The van der Waals surface area contributed by atoms with E-state index in [1.165, 1.54) is 24.7 Å². The van der Waals surface area contributed by atoms with Crippen molar-refractivity contribution in [2.45, 2.75) is 167 Å². The number of aliphatic carboxylic acids is 1. The minimum Gasteiger partial charge on any atom is -0.508 e. The van der Waals surface area contributed by atoms with Crippen LogP contribution in [0.5, 0.6) is 5.75 Å². The number of aromatic amines is 2. The molecule has 18 N–H and O–H groups in total. The van der Waals surface area contributed by atoms with E-state index >= 15 is 0 Å². The number of para-hydroxylation sites is 1. The molecule has 0 radical (unpaired) electrons. The van der Waals surface area contributed by atoms with Gasteiger partial charge in [0.15, 0.2) is 0 Å². The summed E-state index contributed by atoms with van der Waals surface area (Å²) >= 11 is 0. The third kappa shape index (κ3) is 20.5. The number of primary amides is 1. The summed E-state index contributed by atoms with van der Waals surface area (Å²) in [5.41, 5.74) is 13.9. The van der Waals surface area contributed by atoms with E-state index in [4.69, 9.17) is 11.5 Å². The van der Waals surface area contributed by atoms with Gasteiger partial charge in [-0.05, 0) is 80.2 Å². The Bertz CT molecular complexity index is 2860. The quantitative estimate of drug-likeness (QED) is 0.0263. The SMILES string of the molecule is CC[C@H](C)[C@H](NC(=O)[C@@H](NC(=O)[C@@H](N)Cc1ccc(O)cc1)C(C)C)C(=O)N[C@H](C(=O)N[C@H](C(=O)N[C@@H](CCC(N)=O)C(=O)N[C@@H](Cc1cnc[nH]1)C(=O)N[C@@H](Cc1c[nH]c2ccccc12)C(=O)N[C@@H](CC(C)C)C(=O)O)[C@@H](C)O)[C@@H](C)O. The smallest absolute Gasteiger partial charge is 0.326 e. The molecular formula is C56H81N13O14. The van der Waals surface area contributed by atoms with Gasteiger partial charge in [-0.1, -0.05) is 78.3 Å². The highest BCUT2D eigenvalue weighted by Crippen LogP contribution is 2.20. The Balaban J connectivity index is 1.55. The number of phenols is 1. The van der Waals surface area contributed by atoms with Gasteiger partial charge in [0, 0.05) is 48.3 Å². The normalized spacial score (nSPS) is 15.8. The van der Waals surface area contributed by atoms with Crippen molar-refractivity contribution in [2.24, 2.45) is 29.2 Å². The number of hydrogen-bond acceptors (Lipinski definition) is 15. The first-order chi connectivity index (χ1) is 39.1. The van der Waals surface area contributed by atoms with E-state index in [0.717, 1.165) is 19.4 Å². The fourth-order valence-electron chi connectivity index (χ4n) is 8.90. The van der Waals surface area contributed by atoms with Gasteiger partial charge >= 0.3 is 5.97 Å². The summed E-state index contributed by atoms with van der Waals surface area (Å²) in [5, 5.41) is 62.2. The number of aliphatic hydroxyl groups is 2. The summed E-state index contributed by atoms with van der Waals surface area (Å²) in [4.78, 5) is 146. The summed E-state index contributed by atoms with van der Waals surface area (Å²) in [6.45, 7) is 12.5. The van der Waals surface area contributed by atoms with Gasteiger partial charge in [-0.3, -0.25) is 43.2 Å². The van der Waals surface area contributed by atoms with E-state index in [-0.39, 0.29) is 37.4 Å². The maximum absolute atomic E-state index is 14.5. The number of imidazole rings is 1. The van der Waals surface area contributed by atoms with Crippen molar-refractivity contribution in [3.63, 3.8) is 0 Å².